The Labute approximate surface area is 145 Å². The minimum Gasteiger partial charge on any atom is -0.274 e. The number of carbonyl (C=O) groups excluding carboxylic acids is 1. The molecule has 0 radical (unpaired) electrons. The van der Waals surface area contributed by atoms with Crippen molar-refractivity contribution in [3.8, 4) is 11.4 Å². The van der Waals surface area contributed by atoms with Gasteiger partial charge in [-0.15, -0.1) is 5.10 Å². The maximum Gasteiger partial charge on any atom is 0.280 e. The van der Waals surface area contributed by atoms with E-state index in [4.69, 9.17) is 11.6 Å². The second-order valence-electron chi connectivity index (χ2n) is 5.34. The van der Waals surface area contributed by atoms with Crippen LogP contribution in [-0.2, 0) is 4.79 Å². The molecule has 9 heteroatoms. The first kappa shape index (κ1) is 15.3. The van der Waals surface area contributed by atoms with Gasteiger partial charge in [-0.25, -0.2) is 9.66 Å². The number of halogens is 1. The summed E-state index contributed by atoms with van der Waals surface area (Å²) in [7, 11) is 0. The van der Waals surface area contributed by atoms with Crippen LogP contribution in [0.2, 0.25) is 5.02 Å². The summed E-state index contributed by atoms with van der Waals surface area (Å²) in [6.45, 7) is 1.32. The number of pyridine rings is 1. The van der Waals surface area contributed by atoms with Crippen LogP contribution < -0.4 is 11.0 Å². The third-order valence-corrected chi connectivity index (χ3v) is 3.96. The minimum atomic E-state index is -0.406. The van der Waals surface area contributed by atoms with Gasteiger partial charge in [0.05, 0.1) is 15.9 Å². The third kappa shape index (κ3) is 2.52. The summed E-state index contributed by atoms with van der Waals surface area (Å²) in [6.07, 6.45) is 2.87. The molecule has 124 valence electrons. The second kappa shape index (κ2) is 5.67. The number of benzene rings is 1. The van der Waals surface area contributed by atoms with Gasteiger partial charge in [0.1, 0.15) is 0 Å². The Morgan fingerprint density at radius 3 is 2.80 bits per heavy atom. The number of hydrogen-bond donors (Lipinski definition) is 1. The smallest absolute Gasteiger partial charge is 0.274 e. The Balaban J connectivity index is 1.95. The van der Waals surface area contributed by atoms with Gasteiger partial charge in [0.25, 0.3) is 11.3 Å². The van der Waals surface area contributed by atoms with Gasteiger partial charge in [-0.2, -0.15) is 9.50 Å². The van der Waals surface area contributed by atoms with Gasteiger partial charge in [-0.3, -0.25) is 15.0 Å². The van der Waals surface area contributed by atoms with E-state index in [0.717, 1.165) is 4.68 Å². The van der Waals surface area contributed by atoms with Crippen LogP contribution in [0.4, 0.5) is 0 Å². The number of nitrogens with one attached hydrogen (secondary N) is 1. The molecule has 0 aliphatic carbocycles. The van der Waals surface area contributed by atoms with E-state index in [1.54, 1.807) is 12.1 Å². The highest BCUT2D eigenvalue weighted by Crippen LogP contribution is 2.25. The highest BCUT2D eigenvalue weighted by Gasteiger charge is 2.14. The van der Waals surface area contributed by atoms with Crippen molar-refractivity contribution in [1.82, 2.24) is 24.3 Å². The molecule has 4 rings (SSSR count). The van der Waals surface area contributed by atoms with Crippen molar-refractivity contribution < 1.29 is 4.79 Å². The highest BCUT2D eigenvalue weighted by molar-refractivity contribution is 6.33. The van der Waals surface area contributed by atoms with Crippen molar-refractivity contribution >= 4 is 34.2 Å². The quantitative estimate of drug-likeness (QED) is 0.593. The highest BCUT2D eigenvalue weighted by atomic mass is 35.5. The summed E-state index contributed by atoms with van der Waals surface area (Å²) < 4.78 is 2.58. The molecule has 0 bridgehead atoms. The molecule has 0 unspecified atom stereocenters. The fourth-order valence-corrected chi connectivity index (χ4v) is 2.75. The lowest BCUT2D eigenvalue weighted by molar-refractivity contribution is -0.115. The van der Waals surface area contributed by atoms with Gasteiger partial charge in [0.15, 0.2) is 5.82 Å². The van der Waals surface area contributed by atoms with E-state index in [-0.39, 0.29) is 5.91 Å². The number of hydrogen-bond acceptors (Lipinski definition) is 5. The monoisotopic (exact) mass is 354 g/mol. The molecular formula is C16H11ClN6O2. The average molecular weight is 355 g/mol. The number of carbonyl (C=O) groups is 1. The van der Waals surface area contributed by atoms with Crippen LogP contribution in [0.15, 0.2) is 47.5 Å². The fraction of sp³-hybridized carbons (Fsp3) is 0.0625. The Kier molecular flexibility index (Phi) is 3.47. The molecule has 0 saturated carbocycles. The molecule has 8 nitrogen and oxygen atoms in total. The summed E-state index contributed by atoms with van der Waals surface area (Å²) in [5.41, 5.74) is 3.23. The normalized spacial score (nSPS) is 11.1. The molecular weight excluding hydrogens is 344 g/mol. The largest absolute Gasteiger partial charge is 0.280 e. The Morgan fingerprint density at radius 2 is 2.04 bits per heavy atom. The first-order valence-electron chi connectivity index (χ1n) is 7.34. The molecule has 0 spiro atoms. The zero-order chi connectivity index (χ0) is 17.6. The van der Waals surface area contributed by atoms with Crippen LogP contribution in [0, 0.1) is 0 Å². The molecule has 3 heterocycles. The molecule has 25 heavy (non-hydrogen) atoms. The summed E-state index contributed by atoms with van der Waals surface area (Å²) in [4.78, 5) is 32.2. The number of amides is 1. The molecule has 1 N–H and O–H groups in total. The summed E-state index contributed by atoms with van der Waals surface area (Å²) in [6, 6.07) is 8.87. The number of aromatic nitrogens is 5. The maximum atomic E-state index is 12.5. The summed E-state index contributed by atoms with van der Waals surface area (Å²) in [5, 5.41) is 5.26. The minimum absolute atomic E-state index is 0.305. The van der Waals surface area contributed by atoms with Gasteiger partial charge in [0, 0.05) is 24.9 Å². The molecule has 0 fully saturated rings. The van der Waals surface area contributed by atoms with Crippen LogP contribution in [-0.4, -0.2) is 30.2 Å². The molecule has 0 saturated heterocycles. The predicted molar refractivity (Wildman–Crippen MR) is 93.0 cm³/mol. The van der Waals surface area contributed by atoms with Crippen LogP contribution in [0.25, 0.3) is 28.1 Å². The van der Waals surface area contributed by atoms with E-state index >= 15 is 0 Å². The first-order chi connectivity index (χ1) is 12.0. The van der Waals surface area contributed by atoms with Gasteiger partial charge in [-0.1, -0.05) is 23.7 Å². The van der Waals surface area contributed by atoms with Gasteiger partial charge >= 0.3 is 0 Å². The van der Waals surface area contributed by atoms with E-state index in [2.05, 4.69) is 20.5 Å². The van der Waals surface area contributed by atoms with Crippen molar-refractivity contribution in [1.29, 1.82) is 0 Å². The maximum absolute atomic E-state index is 12.5. The topological polar surface area (TPSA) is 94.2 Å². The van der Waals surface area contributed by atoms with Crippen molar-refractivity contribution in [2.75, 3.05) is 5.43 Å². The van der Waals surface area contributed by atoms with Crippen molar-refractivity contribution in [2.45, 2.75) is 6.92 Å². The lowest BCUT2D eigenvalue weighted by Crippen LogP contribution is -2.31. The fourth-order valence-electron chi connectivity index (χ4n) is 2.53. The molecule has 1 amide bonds. The molecule has 3 aromatic heterocycles. The first-order valence-corrected chi connectivity index (χ1v) is 7.72. The van der Waals surface area contributed by atoms with Gasteiger partial charge < -0.3 is 0 Å². The standard InChI is InChI=1S/C16H11ClN6O2/c1-9(24)20-22-7-6-13-11(15(22)25)8-18-16-19-14(21-23(13)16)10-4-2-3-5-12(10)17/h2-8H,1H3,(H,20,24). The van der Waals surface area contributed by atoms with Crippen molar-refractivity contribution in [2.24, 2.45) is 0 Å². The van der Waals surface area contributed by atoms with Crippen LogP contribution in [0.5, 0.6) is 0 Å². The lowest BCUT2D eigenvalue weighted by atomic mass is 10.2. The summed E-state index contributed by atoms with van der Waals surface area (Å²) in [5.74, 6) is 0.410. The number of rotatable bonds is 2. The Bertz CT molecular complexity index is 1200. The lowest BCUT2D eigenvalue weighted by Gasteiger charge is -2.07. The Morgan fingerprint density at radius 1 is 1.24 bits per heavy atom. The number of fused-ring (bicyclic) bond motifs is 3. The zero-order valence-electron chi connectivity index (χ0n) is 13.0. The van der Waals surface area contributed by atoms with Gasteiger partial charge in [0.2, 0.25) is 5.91 Å². The zero-order valence-corrected chi connectivity index (χ0v) is 13.7. The van der Waals surface area contributed by atoms with Gasteiger partial charge in [-0.05, 0) is 18.2 Å². The van der Waals surface area contributed by atoms with E-state index in [1.807, 2.05) is 18.2 Å². The second-order valence-corrected chi connectivity index (χ2v) is 5.75. The van der Waals surface area contributed by atoms with E-state index in [0.29, 0.717) is 33.1 Å². The van der Waals surface area contributed by atoms with Crippen LogP contribution in [0.1, 0.15) is 6.92 Å². The number of nitrogens with zero attached hydrogens (tertiary/aromatic N) is 5. The van der Waals surface area contributed by atoms with Crippen LogP contribution >= 0.6 is 11.6 Å². The van der Waals surface area contributed by atoms with Crippen molar-refractivity contribution in [3.05, 3.63) is 58.1 Å². The third-order valence-electron chi connectivity index (χ3n) is 3.63. The predicted octanol–water partition coefficient (Wildman–Crippen LogP) is 1.85. The van der Waals surface area contributed by atoms with E-state index < -0.39 is 5.56 Å². The summed E-state index contributed by atoms with van der Waals surface area (Å²) >= 11 is 6.20. The van der Waals surface area contributed by atoms with Crippen molar-refractivity contribution in [3.63, 3.8) is 0 Å². The molecule has 4 aromatic rings. The average Bonchev–Trinajstić information content (AvgIpc) is 3.01. The molecule has 0 atom stereocenters. The van der Waals surface area contributed by atoms with Crippen LogP contribution in [0.3, 0.4) is 0 Å². The molecule has 0 aliphatic heterocycles. The molecule has 1 aromatic carbocycles. The van der Waals surface area contributed by atoms with E-state index in [9.17, 15) is 9.59 Å². The SMILES string of the molecule is CC(=O)Nn1ccc2c(cnc3nc(-c4ccccc4Cl)nn32)c1=O. The Hall–Kier alpha value is -3.26. The van der Waals surface area contributed by atoms with E-state index in [1.165, 1.54) is 23.8 Å². The molecule has 0 aliphatic rings.